The van der Waals surface area contributed by atoms with Gasteiger partial charge in [-0.15, -0.1) is 0 Å². The number of aliphatic hydroxyl groups is 4. The lowest BCUT2D eigenvalue weighted by Crippen LogP contribution is -2.46. The molecule has 0 amide bonds. The first-order valence-electron chi connectivity index (χ1n) is 10.5. The molecule has 0 unspecified atom stereocenters. The van der Waals surface area contributed by atoms with E-state index >= 15 is 0 Å². The van der Waals surface area contributed by atoms with E-state index in [1.807, 2.05) is 0 Å². The van der Waals surface area contributed by atoms with Crippen LogP contribution in [0.25, 0.3) is 0 Å². The summed E-state index contributed by atoms with van der Waals surface area (Å²) in [7, 11) is 0. The summed E-state index contributed by atoms with van der Waals surface area (Å²) in [5.41, 5.74) is 0. The Labute approximate surface area is 164 Å². The van der Waals surface area contributed by atoms with Crippen molar-refractivity contribution in [1.82, 2.24) is 0 Å². The molecule has 0 aromatic carbocycles. The fraction of sp³-hybridized carbons (Fsp3) is 0.950. The topological polar surface area (TPSA) is 123 Å². The highest BCUT2D eigenvalue weighted by atomic mass is 16.5. The zero-order valence-electron chi connectivity index (χ0n) is 16.9. The molecule has 27 heavy (non-hydrogen) atoms. The van der Waals surface area contributed by atoms with Crippen LogP contribution in [0.5, 0.6) is 0 Å². The molecule has 0 fully saturated rings. The largest absolute Gasteiger partial charge is 0.411 e. The second-order valence-corrected chi connectivity index (χ2v) is 7.27. The van der Waals surface area contributed by atoms with Crippen molar-refractivity contribution in [1.29, 1.82) is 0 Å². The predicted molar refractivity (Wildman–Crippen MR) is 106 cm³/mol. The van der Waals surface area contributed by atoms with Crippen LogP contribution in [0.2, 0.25) is 0 Å². The number of unbranched alkanes of at least 4 members (excludes halogenated alkanes) is 11. The van der Waals surface area contributed by atoms with Gasteiger partial charge in [0, 0.05) is 6.61 Å². The summed E-state index contributed by atoms with van der Waals surface area (Å²) >= 11 is 0. The number of hydrogen-bond donors (Lipinski definition) is 5. The zero-order chi connectivity index (χ0) is 20.3. The molecule has 7 heteroatoms. The fourth-order valence-corrected chi connectivity index (χ4v) is 2.93. The van der Waals surface area contributed by atoms with Gasteiger partial charge in [-0.05, 0) is 6.42 Å². The van der Waals surface area contributed by atoms with Crippen LogP contribution in [0.4, 0.5) is 0 Å². The van der Waals surface area contributed by atoms with Gasteiger partial charge in [-0.1, -0.05) is 82.7 Å². The molecule has 0 aliphatic heterocycles. The summed E-state index contributed by atoms with van der Waals surface area (Å²) in [4.78, 5) is 0. The second kappa shape index (κ2) is 18.6. The standard InChI is InChI=1S/C20H41NO6/c1-2-3-4-5-6-7-8-9-10-11-12-13-14-27-16-18(23)20(25)19(24)17(22)15-21-26/h15,17-20,22-26H,2-14,16H2,1H3/b21-15+/t17-,18+,19+,20-/m0/s1. The van der Waals surface area contributed by atoms with Crippen molar-refractivity contribution in [2.75, 3.05) is 13.2 Å². The maximum atomic E-state index is 9.74. The van der Waals surface area contributed by atoms with Gasteiger partial charge in [0.1, 0.15) is 24.4 Å². The Kier molecular flexibility index (Phi) is 18.1. The van der Waals surface area contributed by atoms with Gasteiger partial charge in [0.15, 0.2) is 0 Å². The average molecular weight is 392 g/mol. The van der Waals surface area contributed by atoms with Crippen LogP contribution in [-0.4, -0.2) is 69.5 Å². The summed E-state index contributed by atoms with van der Waals surface area (Å²) in [6.45, 7) is 2.60. The Morgan fingerprint density at radius 1 is 0.741 bits per heavy atom. The summed E-state index contributed by atoms with van der Waals surface area (Å²) < 4.78 is 5.31. The van der Waals surface area contributed by atoms with E-state index in [2.05, 4.69) is 12.1 Å². The van der Waals surface area contributed by atoms with Gasteiger partial charge in [-0.25, -0.2) is 0 Å². The van der Waals surface area contributed by atoms with Crippen LogP contribution in [0, 0.1) is 0 Å². The first-order chi connectivity index (χ1) is 13.0. The third-order valence-electron chi connectivity index (χ3n) is 4.74. The summed E-state index contributed by atoms with van der Waals surface area (Å²) in [6.07, 6.45) is 9.67. The molecule has 0 heterocycles. The minimum atomic E-state index is -1.65. The van der Waals surface area contributed by atoms with Gasteiger partial charge in [-0.2, -0.15) is 0 Å². The van der Waals surface area contributed by atoms with Crippen molar-refractivity contribution < 1.29 is 30.4 Å². The van der Waals surface area contributed by atoms with E-state index in [0.717, 1.165) is 12.8 Å². The molecule has 4 atom stereocenters. The van der Waals surface area contributed by atoms with Crippen LogP contribution >= 0.6 is 0 Å². The second-order valence-electron chi connectivity index (χ2n) is 7.27. The van der Waals surface area contributed by atoms with Crippen molar-refractivity contribution >= 4 is 6.21 Å². The van der Waals surface area contributed by atoms with Crippen LogP contribution in [0.15, 0.2) is 5.16 Å². The molecule has 0 spiro atoms. The van der Waals surface area contributed by atoms with Crippen LogP contribution in [-0.2, 0) is 4.74 Å². The summed E-state index contributed by atoms with van der Waals surface area (Å²) in [5.74, 6) is 0. The van der Waals surface area contributed by atoms with E-state index in [1.54, 1.807) is 0 Å². The molecule has 0 aliphatic rings. The minimum absolute atomic E-state index is 0.126. The number of aliphatic hydroxyl groups excluding tert-OH is 4. The summed E-state index contributed by atoms with van der Waals surface area (Å²) in [6, 6.07) is 0. The van der Waals surface area contributed by atoms with Gasteiger partial charge in [-0.3, -0.25) is 0 Å². The summed E-state index contributed by atoms with van der Waals surface area (Å²) in [5, 5.41) is 49.3. The number of nitrogens with zero attached hydrogens (tertiary/aromatic N) is 1. The Morgan fingerprint density at radius 2 is 1.22 bits per heavy atom. The zero-order valence-corrected chi connectivity index (χ0v) is 16.9. The number of ether oxygens (including phenoxy) is 1. The first kappa shape index (κ1) is 26.3. The molecule has 5 N–H and O–H groups in total. The molecule has 7 nitrogen and oxygen atoms in total. The Hall–Kier alpha value is -0.730. The van der Waals surface area contributed by atoms with Crippen LogP contribution in [0.1, 0.15) is 84.0 Å². The van der Waals surface area contributed by atoms with Gasteiger partial charge < -0.3 is 30.4 Å². The van der Waals surface area contributed by atoms with Crippen LogP contribution < -0.4 is 0 Å². The molecule has 0 aromatic heterocycles. The molecule has 0 bridgehead atoms. The van der Waals surface area contributed by atoms with Crippen molar-refractivity contribution in [2.45, 2.75) is 108 Å². The predicted octanol–water partition coefficient (Wildman–Crippen LogP) is 2.61. The third-order valence-corrected chi connectivity index (χ3v) is 4.74. The minimum Gasteiger partial charge on any atom is -0.411 e. The highest BCUT2D eigenvalue weighted by Gasteiger charge is 2.29. The lowest BCUT2D eigenvalue weighted by molar-refractivity contribution is -0.109. The Balaban J connectivity index is 3.45. The highest BCUT2D eigenvalue weighted by Crippen LogP contribution is 2.12. The van der Waals surface area contributed by atoms with E-state index < -0.39 is 24.4 Å². The van der Waals surface area contributed by atoms with E-state index in [0.29, 0.717) is 12.8 Å². The Morgan fingerprint density at radius 3 is 1.70 bits per heavy atom. The molecule has 0 radical (unpaired) electrons. The molecular weight excluding hydrogens is 350 g/mol. The fourth-order valence-electron chi connectivity index (χ4n) is 2.93. The molecule has 162 valence electrons. The monoisotopic (exact) mass is 391 g/mol. The Bertz CT molecular complexity index is 342. The van der Waals surface area contributed by atoms with Crippen LogP contribution in [0.3, 0.4) is 0 Å². The molecule has 0 saturated carbocycles. The van der Waals surface area contributed by atoms with Crippen molar-refractivity contribution in [3.8, 4) is 0 Å². The lowest BCUT2D eigenvalue weighted by atomic mass is 10.0. The van der Waals surface area contributed by atoms with Crippen molar-refractivity contribution in [3.05, 3.63) is 0 Å². The quantitative estimate of drug-likeness (QED) is 0.0998. The van der Waals surface area contributed by atoms with E-state index in [4.69, 9.17) is 9.94 Å². The first-order valence-corrected chi connectivity index (χ1v) is 10.5. The average Bonchev–Trinajstić information content (AvgIpc) is 2.67. The molecule has 0 rings (SSSR count). The molecule has 0 aliphatic carbocycles. The van der Waals surface area contributed by atoms with Gasteiger partial charge in [0.25, 0.3) is 0 Å². The molecule has 0 aromatic rings. The third kappa shape index (κ3) is 14.9. The maximum absolute atomic E-state index is 9.74. The van der Waals surface area contributed by atoms with Gasteiger partial charge in [0.05, 0.1) is 12.8 Å². The normalized spacial score (nSPS) is 16.5. The SMILES string of the molecule is CCCCCCCCCCCCCCOC[C@@H](O)[C@H](O)[C@H](O)[C@@H](O)/C=N/O. The molecular formula is C20H41NO6. The number of rotatable bonds is 19. The number of oxime groups is 1. The van der Waals surface area contributed by atoms with Crippen molar-refractivity contribution in [2.24, 2.45) is 5.16 Å². The van der Waals surface area contributed by atoms with E-state index in [9.17, 15) is 20.4 Å². The van der Waals surface area contributed by atoms with Crippen molar-refractivity contribution in [3.63, 3.8) is 0 Å². The smallest absolute Gasteiger partial charge is 0.121 e. The van der Waals surface area contributed by atoms with Gasteiger partial charge >= 0.3 is 0 Å². The maximum Gasteiger partial charge on any atom is 0.121 e. The highest BCUT2D eigenvalue weighted by molar-refractivity contribution is 5.62. The molecule has 0 saturated heterocycles. The van der Waals surface area contributed by atoms with E-state index in [1.165, 1.54) is 64.2 Å². The van der Waals surface area contributed by atoms with E-state index in [-0.39, 0.29) is 6.61 Å². The van der Waals surface area contributed by atoms with Gasteiger partial charge in [0.2, 0.25) is 0 Å². The number of hydrogen-bond acceptors (Lipinski definition) is 7. The lowest BCUT2D eigenvalue weighted by Gasteiger charge is -2.24.